The molecule has 3 heterocycles. The molecule has 0 aliphatic carbocycles. The highest BCUT2D eigenvalue weighted by molar-refractivity contribution is 8.22. The number of anilines is 1. The average molecular weight is 847 g/mol. The summed E-state index contributed by atoms with van der Waals surface area (Å²) < 4.78 is 29.4. The standard InChI is InChI=1S/C38H56ClN3O10S3/c1-20-11-10-12-28(49-9)38(47)19-27(50-35(46)40-38)22(3)33-37(5,52-33)29(18-31(44)42(7)25-16-24(15-20)17-26(48-8)32(25)39)51-34(45)23(4)41(6)30(43)14-13-21(2)55-36(53)54/h10-12,16-17,21-23,27-29,33,35-36,40,46-47,53-54H,13-15,18-19H2,1-9H3/b12-10+,20-11+/t21?,22-,23+,27+,28-,29+,33+,35?,37+,38+/m1/s1. The molecule has 1 aromatic carbocycles. The molecule has 0 saturated carbocycles. The highest BCUT2D eigenvalue weighted by atomic mass is 35.5. The monoisotopic (exact) mass is 845 g/mol. The average Bonchev–Trinajstić information content (AvgIpc) is 3.82. The van der Waals surface area contributed by atoms with Crippen molar-refractivity contribution in [1.82, 2.24) is 10.2 Å². The lowest BCUT2D eigenvalue weighted by Gasteiger charge is -2.44. The van der Waals surface area contributed by atoms with Crippen molar-refractivity contribution in [2.45, 2.75) is 124 Å². The number of nitrogens with zero attached hydrogens (tertiary/aromatic N) is 2. The third-order valence-corrected chi connectivity index (χ3v) is 12.8. The first-order valence-corrected chi connectivity index (χ1v) is 20.6. The zero-order valence-electron chi connectivity index (χ0n) is 32.9. The number of rotatable bonds is 10. The van der Waals surface area contributed by atoms with E-state index in [1.807, 2.05) is 26.8 Å². The van der Waals surface area contributed by atoms with E-state index in [0.29, 0.717) is 24.3 Å². The summed E-state index contributed by atoms with van der Waals surface area (Å²) in [4.78, 5) is 43.9. The van der Waals surface area contributed by atoms with Gasteiger partial charge in [-0.15, -0.1) is 11.8 Å². The number of carbonyl (C=O) groups excluding carboxylic acids is 3. The largest absolute Gasteiger partial charge is 0.495 e. The third-order valence-electron chi connectivity index (χ3n) is 10.7. The van der Waals surface area contributed by atoms with Gasteiger partial charge in [-0.1, -0.05) is 49.2 Å². The van der Waals surface area contributed by atoms with Crippen LogP contribution in [0, 0.1) is 5.92 Å². The van der Waals surface area contributed by atoms with Gasteiger partial charge >= 0.3 is 5.97 Å². The van der Waals surface area contributed by atoms with Gasteiger partial charge in [0.25, 0.3) is 0 Å². The van der Waals surface area contributed by atoms with Crippen LogP contribution in [0.25, 0.3) is 0 Å². The molecule has 2 fully saturated rings. The molecule has 10 atom stereocenters. The van der Waals surface area contributed by atoms with Gasteiger partial charge in [0.1, 0.15) is 34.6 Å². The van der Waals surface area contributed by atoms with E-state index in [9.17, 15) is 24.6 Å². The number of amides is 2. The van der Waals surface area contributed by atoms with Crippen LogP contribution < -0.4 is 15.0 Å². The number of likely N-dealkylation sites (N-methyl/N-ethyl adjacent to an activating group) is 1. The van der Waals surface area contributed by atoms with Crippen molar-refractivity contribution < 1.29 is 48.3 Å². The summed E-state index contributed by atoms with van der Waals surface area (Å²) in [7, 11) is 6.08. The molecule has 13 nitrogen and oxygen atoms in total. The van der Waals surface area contributed by atoms with E-state index < -0.39 is 66.0 Å². The number of benzene rings is 1. The van der Waals surface area contributed by atoms with Gasteiger partial charge in [-0.3, -0.25) is 9.59 Å². The predicted molar refractivity (Wildman–Crippen MR) is 220 cm³/mol. The lowest BCUT2D eigenvalue weighted by molar-refractivity contribution is -0.271. The molecule has 17 heteroatoms. The molecule has 0 radical (unpaired) electrons. The Morgan fingerprint density at radius 3 is 2.58 bits per heavy atom. The quantitative estimate of drug-likeness (QED) is 0.0958. The second-order valence-electron chi connectivity index (χ2n) is 14.8. The maximum atomic E-state index is 14.2. The number of fused-ring (bicyclic) bond motifs is 5. The van der Waals surface area contributed by atoms with E-state index >= 15 is 0 Å². The second kappa shape index (κ2) is 19.2. The normalized spacial score (nSPS) is 32.8. The molecule has 0 aromatic heterocycles. The molecule has 3 aliphatic rings. The number of carbonyl (C=O) groups is 3. The number of thioether (sulfide) groups is 1. The molecule has 4 rings (SSSR count). The highest BCUT2D eigenvalue weighted by Gasteiger charge is 2.64. The van der Waals surface area contributed by atoms with Crippen molar-refractivity contribution in [3.8, 4) is 5.75 Å². The van der Waals surface area contributed by atoms with Crippen LogP contribution in [-0.4, -0.2) is 119 Å². The summed E-state index contributed by atoms with van der Waals surface area (Å²) in [5.74, 6) is -1.47. The lowest BCUT2D eigenvalue weighted by atomic mass is 9.83. The van der Waals surface area contributed by atoms with Crippen molar-refractivity contribution in [3.05, 3.63) is 46.5 Å². The van der Waals surface area contributed by atoms with Crippen LogP contribution in [-0.2, 0) is 39.8 Å². The fraction of sp³-hybridized carbons (Fsp3) is 0.658. The third kappa shape index (κ3) is 11.1. The van der Waals surface area contributed by atoms with Crippen LogP contribution >= 0.6 is 48.6 Å². The van der Waals surface area contributed by atoms with Crippen LogP contribution in [0.15, 0.2) is 35.9 Å². The summed E-state index contributed by atoms with van der Waals surface area (Å²) in [5, 5.41) is 25.6. The Morgan fingerprint density at radius 2 is 1.95 bits per heavy atom. The number of epoxide rings is 1. The summed E-state index contributed by atoms with van der Waals surface area (Å²) in [6.45, 7) is 9.08. The smallest absolute Gasteiger partial charge is 0.328 e. The minimum Gasteiger partial charge on any atom is -0.495 e. The predicted octanol–water partition coefficient (Wildman–Crippen LogP) is 4.72. The molecule has 3 aliphatic heterocycles. The molecular formula is C38H56ClN3O10S3. The van der Waals surface area contributed by atoms with Gasteiger partial charge in [0.05, 0.1) is 35.3 Å². The number of halogens is 1. The van der Waals surface area contributed by atoms with Crippen LogP contribution in [0.5, 0.6) is 5.75 Å². The molecule has 308 valence electrons. The van der Waals surface area contributed by atoms with Gasteiger partial charge in [0.15, 0.2) is 5.72 Å². The Bertz CT molecular complexity index is 1620. The fourth-order valence-corrected chi connectivity index (χ4v) is 9.34. The summed E-state index contributed by atoms with van der Waals surface area (Å²) in [6, 6.07) is 2.62. The highest BCUT2D eigenvalue weighted by Crippen LogP contribution is 2.49. The number of aliphatic hydroxyl groups excluding tert-OH is 1. The van der Waals surface area contributed by atoms with E-state index in [1.165, 1.54) is 35.8 Å². The van der Waals surface area contributed by atoms with Crippen LogP contribution in [0.1, 0.15) is 65.9 Å². The maximum Gasteiger partial charge on any atom is 0.328 e. The number of hydrogen-bond donors (Lipinski definition) is 5. The van der Waals surface area contributed by atoms with Crippen molar-refractivity contribution in [3.63, 3.8) is 0 Å². The molecule has 0 spiro atoms. The molecule has 4 bridgehead atoms. The number of aliphatic hydroxyl groups is 2. The van der Waals surface area contributed by atoms with Crippen molar-refractivity contribution in [2.24, 2.45) is 5.92 Å². The Kier molecular flexibility index (Phi) is 15.9. The van der Waals surface area contributed by atoms with Crippen molar-refractivity contribution in [1.29, 1.82) is 0 Å². The van der Waals surface area contributed by atoms with Crippen LogP contribution in [0.2, 0.25) is 5.02 Å². The number of esters is 1. The zero-order chi connectivity index (χ0) is 41.0. The minimum absolute atomic E-state index is 0.00662. The molecule has 2 amide bonds. The first-order valence-electron chi connectivity index (χ1n) is 18.2. The van der Waals surface area contributed by atoms with E-state index in [4.69, 9.17) is 35.3 Å². The Morgan fingerprint density at radius 1 is 1.25 bits per heavy atom. The first kappa shape index (κ1) is 45.7. The SMILES string of the molecule is COc1cc2cc(c1Cl)N(C)C(=O)C[C@H](OC(=O)[C@H](C)N(C)C(=O)CCC(C)SC(S)S)[C@]1(C)O[C@H]1[C@H](C)[C@@H]1C[C@@](O)(NC(O)O1)[C@H](OC)/C=C/C=C(\C)C2. The van der Waals surface area contributed by atoms with Gasteiger partial charge in [0, 0.05) is 45.2 Å². The van der Waals surface area contributed by atoms with Gasteiger partial charge in [-0.05, 0) is 51.3 Å². The van der Waals surface area contributed by atoms with E-state index in [-0.39, 0.29) is 39.4 Å². The molecular weight excluding hydrogens is 790 g/mol. The molecule has 2 unspecified atom stereocenters. The maximum absolute atomic E-state index is 14.2. The lowest BCUT2D eigenvalue weighted by Crippen LogP contribution is -2.65. The van der Waals surface area contributed by atoms with Crippen molar-refractivity contribution in [2.75, 3.05) is 33.2 Å². The Labute approximate surface area is 344 Å². The first-order chi connectivity index (χ1) is 25.7. The van der Waals surface area contributed by atoms with Crippen LogP contribution in [0.3, 0.4) is 0 Å². The second-order valence-corrected chi connectivity index (χ2v) is 18.9. The van der Waals surface area contributed by atoms with E-state index in [0.717, 1.165) is 11.1 Å². The summed E-state index contributed by atoms with van der Waals surface area (Å²) in [6.07, 6.45) is 1.39. The van der Waals surface area contributed by atoms with Gasteiger partial charge in [-0.2, -0.15) is 25.3 Å². The molecule has 3 N–H and O–H groups in total. The molecule has 1 aromatic rings. The Hall–Kier alpha value is -1.99. The number of thiol groups is 2. The summed E-state index contributed by atoms with van der Waals surface area (Å²) >= 11 is 16.9. The van der Waals surface area contributed by atoms with Crippen molar-refractivity contribution >= 4 is 72.1 Å². The number of methoxy groups -OCH3 is 2. The van der Waals surface area contributed by atoms with Crippen LogP contribution in [0.4, 0.5) is 5.69 Å². The number of nitrogens with one attached hydrogen (secondary N) is 1. The minimum atomic E-state index is -1.73. The van der Waals surface area contributed by atoms with Gasteiger partial charge in [0.2, 0.25) is 18.2 Å². The van der Waals surface area contributed by atoms with Gasteiger partial charge in [-0.25, -0.2) is 10.1 Å². The molecule has 2 saturated heterocycles. The van der Waals surface area contributed by atoms with E-state index in [2.05, 4.69) is 30.6 Å². The Balaban J connectivity index is 1.70. The zero-order valence-corrected chi connectivity index (χ0v) is 36.2. The molecule has 55 heavy (non-hydrogen) atoms. The van der Waals surface area contributed by atoms with Gasteiger partial charge < -0.3 is 43.7 Å². The number of allylic oxidation sites excluding steroid dienone is 3. The van der Waals surface area contributed by atoms with E-state index in [1.54, 1.807) is 52.2 Å². The topological polar surface area (TPSA) is 160 Å². The summed E-state index contributed by atoms with van der Waals surface area (Å²) in [5.41, 5.74) is -0.766. The number of ether oxygens (including phenoxy) is 5. The fourth-order valence-electron chi connectivity index (χ4n) is 7.11. The number of hydrogen-bond acceptors (Lipinski definition) is 14.